The van der Waals surface area contributed by atoms with Crippen LogP contribution in [-0.2, 0) is 23.2 Å². The molecule has 0 saturated heterocycles. The van der Waals surface area contributed by atoms with Crippen molar-refractivity contribution in [1.82, 2.24) is 0 Å². The molecule has 0 heterocycles. The van der Waals surface area contributed by atoms with E-state index in [9.17, 15) is 0 Å². The molecule has 2 aliphatic carbocycles. The van der Waals surface area contributed by atoms with Crippen LogP contribution in [0.1, 0.15) is 56.3 Å². The van der Waals surface area contributed by atoms with Crippen LogP contribution in [0.4, 0.5) is 0 Å². The first-order valence-corrected chi connectivity index (χ1v) is 11.3. The van der Waals surface area contributed by atoms with Crippen LogP contribution in [0.25, 0.3) is 6.08 Å². The van der Waals surface area contributed by atoms with E-state index in [-0.39, 0.29) is 39.4 Å². The van der Waals surface area contributed by atoms with Crippen LogP contribution in [0.5, 0.6) is 0 Å². The van der Waals surface area contributed by atoms with Gasteiger partial charge in [-0.05, 0) is 0 Å². The summed E-state index contributed by atoms with van der Waals surface area (Å²) in [7, 11) is 0. The molecule has 0 amide bonds. The van der Waals surface area contributed by atoms with Gasteiger partial charge in [-0.1, -0.05) is 0 Å². The Balaban J connectivity index is 0.00000144. The van der Waals surface area contributed by atoms with Crippen LogP contribution in [0.15, 0.2) is 48.2 Å². The van der Waals surface area contributed by atoms with Gasteiger partial charge in [0.05, 0.1) is 0 Å². The Morgan fingerprint density at radius 3 is 2.17 bits per heavy atom. The number of fused-ring (bicyclic) bond motifs is 1. The third-order valence-corrected chi connectivity index (χ3v) is 12.0. The smallest absolute Gasteiger partial charge is 1.00 e. The van der Waals surface area contributed by atoms with Crippen molar-refractivity contribution in [3.8, 4) is 0 Å². The van der Waals surface area contributed by atoms with E-state index in [1.807, 2.05) is 0 Å². The second kappa shape index (κ2) is 8.19. The average molecular weight is 594 g/mol. The van der Waals surface area contributed by atoms with Gasteiger partial charge in [-0.15, -0.1) is 0 Å². The third-order valence-electron chi connectivity index (χ3n) is 5.58. The molecule has 3 rings (SSSR count). The fourth-order valence-corrected chi connectivity index (χ4v) is 9.04. The molecule has 0 N–H and O–H groups in total. The van der Waals surface area contributed by atoms with Gasteiger partial charge in [0, 0.05) is 0 Å². The normalized spacial score (nSPS) is 21.0. The molecule has 24 heavy (non-hydrogen) atoms. The molecule has 0 aromatic heterocycles. The monoisotopic (exact) mass is 590 g/mol. The number of rotatable bonds is 2. The maximum Gasteiger partial charge on any atom is -1.00 e. The summed E-state index contributed by atoms with van der Waals surface area (Å²) in [5.74, 6) is 0. The average Bonchev–Trinajstić information content (AvgIpc) is 2.85. The van der Waals surface area contributed by atoms with E-state index in [1.165, 1.54) is 15.6 Å². The first kappa shape index (κ1) is 22.8. The molecule has 0 nitrogen and oxygen atoms in total. The largest absolute Gasteiger partial charge is 1.00 e. The van der Waals surface area contributed by atoms with Crippen molar-refractivity contribution in [3.63, 3.8) is 0 Å². The molecule has 0 fully saturated rings. The Labute approximate surface area is 187 Å². The quantitative estimate of drug-likeness (QED) is 0.473. The predicted octanol–water partition coefficient (Wildman–Crippen LogP) is 0.648. The van der Waals surface area contributed by atoms with Crippen LogP contribution >= 0.6 is 15.9 Å². The summed E-state index contributed by atoms with van der Waals surface area (Å²) in [4.78, 5) is 0. The maximum atomic E-state index is 3.72. The topological polar surface area (TPSA) is 0 Å². The van der Waals surface area contributed by atoms with Gasteiger partial charge in [-0.25, -0.2) is 0 Å². The van der Waals surface area contributed by atoms with Gasteiger partial charge in [0.25, 0.3) is 0 Å². The first-order valence-electron chi connectivity index (χ1n) is 7.88. The van der Waals surface area contributed by atoms with Crippen LogP contribution < -0.4 is 34.0 Å². The maximum absolute atomic E-state index is 3.72. The minimum absolute atomic E-state index is 0. The van der Waals surface area contributed by atoms with Crippen molar-refractivity contribution < 1.29 is 57.2 Å². The summed E-state index contributed by atoms with van der Waals surface area (Å²) in [6.07, 6.45) is 2.40. The van der Waals surface area contributed by atoms with Gasteiger partial charge in [-0.3, -0.25) is 0 Å². The number of hydrogen-bond donors (Lipinski definition) is 0. The SMILES string of the molecule is CC1=Cc2c(Br)cccc2[CH]1[Zr+2][C]1=C(C)C(C)=C(C)C1(C)C.[Br-].[Br-]. The molecule has 4 heteroatoms. The predicted molar refractivity (Wildman–Crippen MR) is 95.4 cm³/mol. The van der Waals surface area contributed by atoms with Gasteiger partial charge < -0.3 is 34.0 Å². The molecule has 1 atom stereocenters. The van der Waals surface area contributed by atoms with Crippen molar-refractivity contribution in [2.45, 2.75) is 45.2 Å². The standard InChI is InChI=1S/C10H8Br.C10H15.2BrH.Zr/c1-7-5-8-3-2-4-10(11)9(8)6-7;1-7-6-10(4,5)9(3)8(7)2;;;/h2-6H,1H3;1-5H3;2*1H;/q;;;;+2/p-2. The van der Waals surface area contributed by atoms with Crippen molar-refractivity contribution in [3.05, 3.63) is 59.4 Å². The van der Waals surface area contributed by atoms with Crippen LogP contribution in [-0.4, -0.2) is 0 Å². The second-order valence-corrected chi connectivity index (χ2v) is 11.3. The first-order chi connectivity index (χ1) is 10.2. The van der Waals surface area contributed by atoms with Gasteiger partial charge in [0.2, 0.25) is 0 Å². The summed E-state index contributed by atoms with van der Waals surface area (Å²) in [6.45, 7) is 14.2. The second-order valence-electron chi connectivity index (χ2n) is 7.08. The molecule has 0 spiro atoms. The number of allylic oxidation sites excluding steroid dienone is 5. The molecule has 1 aromatic rings. The molecule has 1 aromatic carbocycles. The molecule has 0 aliphatic heterocycles. The van der Waals surface area contributed by atoms with E-state index in [0.717, 1.165) is 0 Å². The van der Waals surface area contributed by atoms with Crippen LogP contribution in [0, 0.1) is 5.41 Å². The Morgan fingerprint density at radius 1 is 1.00 bits per heavy atom. The van der Waals surface area contributed by atoms with E-state index < -0.39 is 23.2 Å². The third kappa shape index (κ3) is 3.59. The van der Waals surface area contributed by atoms with E-state index in [2.05, 4.69) is 81.7 Å². The molecule has 0 saturated carbocycles. The van der Waals surface area contributed by atoms with E-state index >= 15 is 0 Å². The molecule has 2 aliphatic rings. The Hall–Kier alpha value is 0.763. The fraction of sp³-hybridized carbons (Fsp3) is 0.400. The number of halogens is 3. The van der Waals surface area contributed by atoms with E-state index in [0.29, 0.717) is 3.63 Å². The van der Waals surface area contributed by atoms with Gasteiger partial charge in [-0.2, -0.15) is 0 Å². The van der Waals surface area contributed by atoms with E-state index in [4.69, 9.17) is 0 Å². The molecule has 0 radical (unpaired) electrons. The van der Waals surface area contributed by atoms with E-state index in [1.54, 1.807) is 25.6 Å². The van der Waals surface area contributed by atoms with Crippen LogP contribution in [0.3, 0.4) is 0 Å². The molecule has 128 valence electrons. The van der Waals surface area contributed by atoms with Gasteiger partial charge in [0.1, 0.15) is 0 Å². The summed E-state index contributed by atoms with van der Waals surface area (Å²) in [5, 5.41) is 0. The Kier molecular flexibility index (Phi) is 7.79. The van der Waals surface area contributed by atoms with Crippen molar-refractivity contribution in [1.29, 1.82) is 0 Å². The zero-order chi connectivity index (χ0) is 16.2. The van der Waals surface area contributed by atoms with Crippen molar-refractivity contribution in [2.75, 3.05) is 0 Å². The molecular formula is C20H23Br3Zr. The summed E-state index contributed by atoms with van der Waals surface area (Å²) < 4.78 is 3.73. The fourth-order valence-electron chi connectivity index (χ4n) is 3.73. The zero-order valence-electron chi connectivity index (χ0n) is 15.0. The minimum Gasteiger partial charge on any atom is -1.00 e. The molecular weight excluding hydrogens is 571 g/mol. The molecule has 0 bridgehead atoms. The summed E-state index contributed by atoms with van der Waals surface area (Å²) >= 11 is 3.01. The van der Waals surface area contributed by atoms with Crippen molar-refractivity contribution >= 4 is 22.0 Å². The minimum atomic E-state index is -0.713. The summed E-state index contributed by atoms with van der Waals surface area (Å²) in [5.41, 5.74) is 9.51. The zero-order valence-corrected chi connectivity index (χ0v) is 22.2. The number of benzene rings is 1. The Bertz CT molecular complexity index is 754. The number of hydrogen-bond acceptors (Lipinski definition) is 0. The van der Waals surface area contributed by atoms with Crippen LogP contribution in [0.2, 0.25) is 0 Å². The van der Waals surface area contributed by atoms with Crippen molar-refractivity contribution in [2.24, 2.45) is 5.41 Å². The molecule has 1 unspecified atom stereocenters. The van der Waals surface area contributed by atoms with Gasteiger partial charge >= 0.3 is 155 Å². The van der Waals surface area contributed by atoms with Gasteiger partial charge in [0.15, 0.2) is 0 Å². The summed E-state index contributed by atoms with van der Waals surface area (Å²) in [6, 6.07) is 6.69. The Morgan fingerprint density at radius 2 is 1.62 bits per heavy atom.